The fourth-order valence-corrected chi connectivity index (χ4v) is 4.12. The molecule has 1 N–H and O–H groups in total. The maximum absolute atomic E-state index is 12.7. The third-order valence-corrected chi connectivity index (χ3v) is 5.91. The molecule has 0 saturated carbocycles. The van der Waals surface area contributed by atoms with E-state index < -0.39 is 0 Å². The van der Waals surface area contributed by atoms with Crippen LogP contribution in [-0.4, -0.2) is 49.7 Å². The Morgan fingerprint density at radius 3 is 2.39 bits per heavy atom. The monoisotopic (exact) mass is 397 g/mol. The number of nitrogens with one attached hydrogen (secondary N) is 1. The average molecular weight is 398 g/mol. The van der Waals surface area contributed by atoms with E-state index in [1.54, 1.807) is 0 Å². The zero-order valence-corrected chi connectivity index (χ0v) is 17.3. The summed E-state index contributed by atoms with van der Waals surface area (Å²) in [5.74, 6) is 0.406. The minimum absolute atomic E-state index is 0.117. The van der Waals surface area contributed by atoms with Crippen LogP contribution in [0.2, 0.25) is 0 Å². The van der Waals surface area contributed by atoms with E-state index in [1.807, 2.05) is 72.4 Å². The topological polar surface area (TPSA) is 52.7 Å². The number of likely N-dealkylation sites (tertiary alicyclic amines) is 1. The summed E-state index contributed by atoms with van der Waals surface area (Å²) in [6.07, 6.45) is 2.18. The minimum Gasteiger partial charge on any atom is -0.378 e. The van der Waals surface area contributed by atoms with Gasteiger partial charge in [0.1, 0.15) is 0 Å². The first-order valence-corrected chi connectivity index (χ1v) is 10.6. The molecule has 1 aliphatic heterocycles. The van der Waals surface area contributed by atoms with Crippen LogP contribution in [0.5, 0.6) is 0 Å². The van der Waals surface area contributed by atoms with E-state index in [0.717, 1.165) is 42.1 Å². The van der Waals surface area contributed by atoms with Gasteiger partial charge in [-0.2, -0.15) is 0 Å². The van der Waals surface area contributed by atoms with E-state index in [1.165, 1.54) is 11.8 Å². The van der Waals surface area contributed by atoms with Crippen LogP contribution in [0, 0.1) is 0 Å². The van der Waals surface area contributed by atoms with E-state index in [4.69, 9.17) is 0 Å². The van der Waals surface area contributed by atoms with Crippen molar-refractivity contribution in [3.05, 3.63) is 59.7 Å². The quantitative estimate of drug-likeness (QED) is 0.728. The van der Waals surface area contributed by atoms with Gasteiger partial charge < -0.3 is 15.1 Å². The standard InChI is InChI=1S/C22H27N3O2S/c1-24(2)18-11-9-17(10-12-18)15-23-22(27)19-7-3-4-8-20(19)28-16-21(26)25-13-5-6-14-25/h3-4,7-12H,5-6,13-16H2,1-2H3,(H,23,27). The Labute approximate surface area is 171 Å². The van der Waals surface area contributed by atoms with Gasteiger partial charge in [-0.25, -0.2) is 0 Å². The van der Waals surface area contributed by atoms with E-state index in [2.05, 4.69) is 5.32 Å². The summed E-state index contributed by atoms with van der Waals surface area (Å²) in [7, 11) is 4.00. The number of amides is 2. The summed E-state index contributed by atoms with van der Waals surface area (Å²) in [4.78, 5) is 29.8. The molecule has 1 fully saturated rings. The number of hydrogen-bond acceptors (Lipinski definition) is 4. The van der Waals surface area contributed by atoms with Gasteiger partial charge in [-0.3, -0.25) is 9.59 Å². The van der Waals surface area contributed by atoms with Crippen LogP contribution in [0.3, 0.4) is 0 Å². The van der Waals surface area contributed by atoms with Crippen LogP contribution < -0.4 is 10.2 Å². The summed E-state index contributed by atoms with van der Waals surface area (Å²) in [6.45, 7) is 2.18. The second kappa shape index (κ2) is 9.64. The Balaban J connectivity index is 1.58. The van der Waals surface area contributed by atoms with Crippen molar-refractivity contribution >= 4 is 29.3 Å². The molecule has 6 heteroatoms. The molecule has 2 amide bonds. The van der Waals surface area contributed by atoms with E-state index in [9.17, 15) is 9.59 Å². The maximum Gasteiger partial charge on any atom is 0.252 e. The molecule has 0 aliphatic carbocycles. The average Bonchev–Trinajstić information content (AvgIpc) is 3.26. The first-order chi connectivity index (χ1) is 13.5. The highest BCUT2D eigenvalue weighted by atomic mass is 32.2. The van der Waals surface area contributed by atoms with Crippen LogP contribution in [-0.2, 0) is 11.3 Å². The molecule has 1 aliphatic rings. The zero-order chi connectivity index (χ0) is 19.9. The van der Waals surface area contributed by atoms with Crippen LogP contribution in [0.1, 0.15) is 28.8 Å². The van der Waals surface area contributed by atoms with Crippen LogP contribution >= 0.6 is 11.8 Å². The molecule has 0 atom stereocenters. The number of rotatable bonds is 7. The summed E-state index contributed by atoms with van der Waals surface area (Å²) in [6, 6.07) is 15.6. The number of hydrogen-bond donors (Lipinski definition) is 1. The molecule has 0 spiro atoms. The molecule has 2 aromatic rings. The van der Waals surface area contributed by atoms with Gasteiger partial charge in [0.2, 0.25) is 5.91 Å². The van der Waals surface area contributed by atoms with Crippen molar-refractivity contribution in [2.24, 2.45) is 0 Å². The van der Waals surface area contributed by atoms with Crippen molar-refractivity contribution in [3.63, 3.8) is 0 Å². The predicted molar refractivity (Wildman–Crippen MR) is 115 cm³/mol. The summed E-state index contributed by atoms with van der Waals surface area (Å²) in [5.41, 5.74) is 2.79. The fraction of sp³-hybridized carbons (Fsp3) is 0.364. The molecule has 148 valence electrons. The number of nitrogens with zero attached hydrogens (tertiary/aromatic N) is 2. The van der Waals surface area contributed by atoms with Gasteiger partial charge >= 0.3 is 0 Å². The SMILES string of the molecule is CN(C)c1ccc(CNC(=O)c2ccccc2SCC(=O)N2CCCC2)cc1. The van der Waals surface area contributed by atoms with Gasteiger partial charge in [0.15, 0.2) is 0 Å². The normalized spacial score (nSPS) is 13.4. The Morgan fingerprint density at radius 1 is 1.04 bits per heavy atom. The van der Waals surface area contributed by atoms with Crippen molar-refractivity contribution in [3.8, 4) is 0 Å². The van der Waals surface area contributed by atoms with E-state index in [0.29, 0.717) is 17.9 Å². The first kappa shape index (κ1) is 20.3. The molecule has 1 heterocycles. The smallest absolute Gasteiger partial charge is 0.252 e. The maximum atomic E-state index is 12.7. The fourth-order valence-electron chi connectivity index (χ4n) is 3.17. The molecular weight excluding hydrogens is 370 g/mol. The van der Waals surface area contributed by atoms with Crippen molar-refractivity contribution in [2.75, 3.05) is 37.8 Å². The van der Waals surface area contributed by atoms with Gasteiger partial charge in [-0.1, -0.05) is 24.3 Å². The van der Waals surface area contributed by atoms with Crippen LogP contribution in [0.15, 0.2) is 53.4 Å². The third-order valence-electron chi connectivity index (χ3n) is 4.85. The highest BCUT2D eigenvalue weighted by Gasteiger charge is 2.19. The highest BCUT2D eigenvalue weighted by molar-refractivity contribution is 8.00. The van der Waals surface area contributed by atoms with Gasteiger partial charge in [0.05, 0.1) is 11.3 Å². The Kier molecular flexibility index (Phi) is 6.98. The molecule has 1 saturated heterocycles. The summed E-state index contributed by atoms with van der Waals surface area (Å²) >= 11 is 1.44. The van der Waals surface area contributed by atoms with E-state index in [-0.39, 0.29) is 11.8 Å². The molecule has 0 radical (unpaired) electrons. The van der Waals surface area contributed by atoms with Gasteiger partial charge in [0.25, 0.3) is 5.91 Å². The van der Waals surface area contributed by atoms with Gasteiger partial charge in [-0.15, -0.1) is 11.8 Å². The highest BCUT2D eigenvalue weighted by Crippen LogP contribution is 2.24. The molecule has 2 aromatic carbocycles. The van der Waals surface area contributed by atoms with E-state index >= 15 is 0 Å². The minimum atomic E-state index is -0.117. The molecule has 0 aromatic heterocycles. The molecular formula is C22H27N3O2S. The van der Waals surface area contributed by atoms with Crippen molar-refractivity contribution in [1.29, 1.82) is 0 Å². The zero-order valence-electron chi connectivity index (χ0n) is 16.5. The number of anilines is 1. The van der Waals surface area contributed by atoms with Crippen molar-refractivity contribution in [1.82, 2.24) is 10.2 Å². The second-order valence-corrected chi connectivity index (χ2v) is 8.13. The van der Waals surface area contributed by atoms with Crippen molar-refractivity contribution in [2.45, 2.75) is 24.3 Å². The van der Waals surface area contributed by atoms with Gasteiger partial charge in [0, 0.05) is 44.3 Å². The van der Waals surface area contributed by atoms with Crippen LogP contribution in [0.25, 0.3) is 0 Å². The molecule has 5 nitrogen and oxygen atoms in total. The third kappa shape index (κ3) is 5.29. The Morgan fingerprint density at radius 2 is 1.71 bits per heavy atom. The first-order valence-electron chi connectivity index (χ1n) is 9.58. The second-order valence-electron chi connectivity index (χ2n) is 7.12. The lowest BCUT2D eigenvalue weighted by Gasteiger charge is -2.15. The Hall–Kier alpha value is -2.47. The lowest BCUT2D eigenvalue weighted by molar-refractivity contribution is -0.127. The summed E-state index contributed by atoms with van der Waals surface area (Å²) < 4.78 is 0. The molecule has 3 rings (SSSR count). The van der Waals surface area contributed by atoms with Crippen molar-refractivity contribution < 1.29 is 9.59 Å². The lowest BCUT2D eigenvalue weighted by Crippen LogP contribution is -2.29. The summed E-state index contributed by atoms with van der Waals surface area (Å²) in [5, 5.41) is 2.99. The number of carbonyl (C=O) groups excluding carboxylic acids is 2. The molecule has 0 unspecified atom stereocenters. The van der Waals surface area contributed by atoms with Gasteiger partial charge in [-0.05, 0) is 42.7 Å². The predicted octanol–water partition coefficient (Wildman–Crippen LogP) is 3.40. The largest absolute Gasteiger partial charge is 0.378 e. The van der Waals surface area contributed by atoms with Crippen LogP contribution in [0.4, 0.5) is 5.69 Å². The Bertz CT molecular complexity index is 815. The number of carbonyl (C=O) groups is 2. The lowest BCUT2D eigenvalue weighted by atomic mass is 10.1. The molecule has 0 bridgehead atoms. The molecule has 28 heavy (non-hydrogen) atoms. The number of benzene rings is 2. The number of thioether (sulfide) groups is 1.